The Morgan fingerprint density at radius 1 is 1.26 bits per heavy atom. The first-order valence-corrected chi connectivity index (χ1v) is 8.50. The number of pyridine rings is 1. The van der Waals surface area contributed by atoms with Crippen molar-refractivity contribution in [2.24, 2.45) is 5.73 Å². The number of nitrogens with zero attached hydrogens (tertiary/aromatic N) is 2. The fourth-order valence-electron chi connectivity index (χ4n) is 3.11. The molecular formula is C19H20FN3O4. The van der Waals surface area contributed by atoms with Crippen LogP contribution in [0.3, 0.4) is 0 Å². The van der Waals surface area contributed by atoms with E-state index in [0.29, 0.717) is 18.7 Å². The summed E-state index contributed by atoms with van der Waals surface area (Å²) < 4.78 is 19.1. The number of hydrogen-bond acceptors (Lipinski definition) is 5. The highest BCUT2D eigenvalue weighted by atomic mass is 19.1. The molecule has 1 aromatic heterocycles. The van der Waals surface area contributed by atoms with Gasteiger partial charge in [-0.15, -0.1) is 0 Å². The third kappa shape index (κ3) is 4.06. The molecule has 0 saturated carbocycles. The molecule has 27 heavy (non-hydrogen) atoms. The second kappa shape index (κ2) is 7.71. The molecule has 0 aliphatic carbocycles. The van der Waals surface area contributed by atoms with Crippen molar-refractivity contribution in [3.05, 3.63) is 63.8 Å². The molecule has 0 saturated heterocycles. The first-order valence-electron chi connectivity index (χ1n) is 8.50. The summed E-state index contributed by atoms with van der Waals surface area (Å²) >= 11 is 0. The summed E-state index contributed by atoms with van der Waals surface area (Å²) in [6.45, 7) is 0.700. The molecule has 0 radical (unpaired) electrons. The van der Waals surface area contributed by atoms with Gasteiger partial charge in [-0.05, 0) is 41.8 Å². The number of nitrogens with two attached hydrogens (primary N) is 1. The fourth-order valence-corrected chi connectivity index (χ4v) is 3.11. The van der Waals surface area contributed by atoms with Crippen molar-refractivity contribution in [1.82, 2.24) is 9.47 Å². The van der Waals surface area contributed by atoms with Crippen molar-refractivity contribution < 1.29 is 18.7 Å². The maximum Gasteiger partial charge on any atom is 0.307 e. The monoisotopic (exact) mass is 373 g/mol. The van der Waals surface area contributed by atoms with Gasteiger partial charge in [0, 0.05) is 31.0 Å². The fraction of sp³-hybridized carbons (Fsp3) is 0.316. The Kier molecular flexibility index (Phi) is 5.36. The molecule has 0 unspecified atom stereocenters. The summed E-state index contributed by atoms with van der Waals surface area (Å²) in [6.07, 6.45) is 2.00. The van der Waals surface area contributed by atoms with E-state index in [2.05, 4.69) is 4.74 Å². The van der Waals surface area contributed by atoms with Crippen LogP contribution >= 0.6 is 0 Å². The molecule has 1 aliphatic heterocycles. The molecule has 2 aromatic rings. The zero-order chi connectivity index (χ0) is 19.6. The maximum atomic E-state index is 13.1. The van der Waals surface area contributed by atoms with E-state index in [9.17, 15) is 18.8 Å². The zero-order valence-electron chi connectivity index (χ0n) is 14.9. The number of carbonyl (C=O) groups excluding carboxylic acids is 2. The molecule has 1 amide bonds. The molecule has 0 fully saturated rings. The van der Waals surface area contributed by atoms with Crippen LogP contribution in [0.15, 0.2) is 41.3 Å². The predicted molar refractivity (Wildman–Crippen MR) is 95.7 cm³/mol. The Hall–Kier alpha value is -3.00. The number of benzene rings is 1. The molecule has 0 bridgehead atoms. The van der Waals surface area contributed by atoms with Gasteiger partial charge in [-0.1, -0.05) is 0 Å². The van der Waals surface area contributed by atoms with Crippen LogP contribution in [0.2, 0.25) is 0 Å². The molecule has 3 rings (SSSR count). The Morgan fingerprint density at radius 3 is 2.63 bits per heavy atom. The summed E-state index contributed by atoms with van der Waals surface area (Å²) in [5.41, 5.74) is 7.81. The number of halogens is 1. The standard InChI is InChI=1S/C19H20FN3O4/c1-27-18(25)9-16(21)19(26)22-7-6-12-8-17(24)23(11-13(12)10-22)15-4-2-14(20)3-5-15/h2-5,8,11,16H,6-7,9-10,21H2,1H3/t16-/m0/s1. The number of carbonyl (C=O) groups is 2. The van der Waals surface area contributed by atoms with Crippen molar-refractivity contribution in [1.29, 1.82) is 0 Å². The van der Waals surface area contributed by atoms with Gasteiger partial charge in [0.2, 0.25) is 5.91 Å². The lowest BCUT2D eigenvalue weighted by molar-refractivity contribution is -0.144. The van der Waals surface area contributed by atoms with Gasteiger partial charge < -0.3 is 15.4 Å². The Bertz CT molecular complexity index is 924. The molecule has 142 valence electrons. The van der Waals surface area contributed by atoms with Crippen LogP contribution in [0.4, 0.5) is 4.39 Å². The molecular weight excluding hydrogens is 353 g/mol. The van der Waals surface area contributed by atoms with Crippen LogP contribution in [-0.2, 0) is 27.3 Å². The average Bonchev–Trinajstić information content (AvgIpc) is 2.67. The smallest absolute Gasteiger partial charge is 0.307 e. The highest BCUT2D eigenvalue weighted by Gasteiger charge is 2.27. The number of aromatic nitrogens is 1. The summed E-state index contributed by atoms with van der Waals surface area (Å²) in [5, 5.41) is 0. The van der Waals surface area contributed by atoms with Crippen LogP contribution in [0.25, 0.3) is 5.69 Å². The lowest BCUT2D eigenvalue weighted by Gasteiger charge is -2.31. The SMILES string of the molecule is COC(=O)C[C@H](N)C(=O)N1CCc2cc(=O)n(-c3ccc(F)cc3)cc2C1. The Morgan fingerprint density at radius 2 is 1.96 bits per heavy atom. The number of ether oxygens (including phenoxy) is 1. The third-order valence-electron chi connectivity index (χ3n) is 4.59. The summed E-state index contributed by atoms with van der Waals surface area (Å²) in [4.78, 5) is 37.8. The van der Waals surface area contributed by atoms with E-state index in [1.54, 1.807) is 11.1 Å². The minimum Gasteiger partial charge on any atom is -0.469 e. The van der Waals surface area contributed by atoms with E-state index in [0.717, 1.165) is 11.1 Å². The third-order valence-corrected chi connectivity index (χ3v) is 4.59. The maximum absolute atomic E-state index is 13.1. The normalized spacial score (nSPS) is 14.4. The zero-order valence-corrected chi connectivity index (χ0v) is 14.9. The number of hydrogen-bond donors (Lipinski definition) is 1. The minimum atomic E-state index is -0.970. The minimum absolute atomic E-state index is 0.187. The van der Waals surface area contributed by atoms with E-state index in [1.807, 2.05) is 0 Å². The van der Waals surface area contributed by atoms with Crippen LogP contribution < -0.4 is 11.3 Å². The Labute approximate surface area is 155 Å². The van der Waals surface area contributed by atoms with Gasteiger partial charge in [0.25, 0.3) is 5.56 Å². The average molecular weight is 373 g/mol. The quantitative estimate of drug-likeness (QED) is 0.798. The van der Waals surface area contributed by atoms with Crippen molar-refractivity contribution in [2.45, 2.75) is 25.4 Å². The predicted octanol–water partition coefficient (Wildman–Crippen LogP) is 0.752. The molecule has 2 heterocycles. The first kappa shape index (κ1) is 18.8. The van der Waals surface area contributed by atoms with Gasteiger partial charge in [-0.3, -0.25) is 19.0 Å². The molecule has 0 spiro atoms. The number of rotatable bonds is 4. The van der Waals surface area contributed by atoms with E-state index < -0.39 is 12.0 Å². The van der Waals surface area contributed by atoms with Crippen molar-refractivity contribution in [3.8, 4) is 5.69 Å². The van der Waals surface area contributed by atoms with Gasteiger partial charge in [0.15, 0.2) is 0 Å². The molecule has 1 aromatic carbocycles. The van der Waals surface area contributed by atoms with E-state index in [1.165, 1.54) is 42.0 Å². The van der Waals surface area contributed by atoms with Gasteiger partial charge in [-0.25, -0.2) is 4.39 Å². The summed E-state index contributed by atoms with van der Waals surface area (Å²) in [5.74, 6) is -1.27. The van der Waals surface area contributed by atoms with Crippen LogP contribution in [-0.4, -0.2) is 41.0 Å². The lowest BCUT2D eigenvalue weighted by atomic mass is 10.0. The second-order valence-electron chi connectivity index (χ2n) is 6.41. The van der Waals surface area contributed by atoms with Crippen molar-refractivity contribution >= 4 is 11.9 Å². The number of amides is 1. The molecule has 2 N–H and O–H groups in total. The van der Waals surface area contributed by atoms with Crippen molar-refractivity contribution in [3.63, 3.8) is 0 Å². The number of methoxy groups -OCH3 is 1. The van der Waals surface area contributed by atoms with Gasteiger partial charge in [0.1, 0.15) is 5.82 Å². The van der Waals surface area contributed by atoms with Gasteiger partial charge >= 0.3 is 5.97 Å². The van der Waals surface area contributed by atoms with Gasteiger partial charge in [0.05, 0.1) is 19.6 Å². The number of fused-ring (bicyclic) bond motifs is 1. The summed E-state index contributed by atoms with van der Waals surface area (Å²) in [7, 11) is 1.24. The molecule has 7 nitrogen and oxygen atoms in total. The van der Waals surface area contributed by atoms with E-state index >= 15 is 0 Å². The van der Waals surface area contributed by atoms with Crippen LogP contribution in [0, 0.1) is 5.82 Å². The lowest BCUT2D eigenvalue weighted by Crippen LogP contribution is -2.47. The van der Waals surface area contributed by atoms with Crippen LogP contribution in [0.1, 0.15) is 17.5 Å². The largest absolute Gasteiger partial charge is 0.469 e. The molecule has 1 atom stereocenters. The molecule has 1 aliphatic rings. The summed E-state index contributed by atoms with van der Waals surface area (Å²) in [6, 6.07) is 6.16. The molecule has 8 heteroatoms. The highest BCUT2D eigenvalue weighted by Crippen LogP contribution is 2.19. The number of esters is 1. The topological polar surface area (TPSA) is 94.6 Å². The van der Waals surface area contributed by atoms with Gasteiger partial charge in [-0.2, -0.15) is 0 Å². The highest BCUT2D eigenvalue weighted by molar-refractivity contribution is 5.86. The van der Waals surface area contributed by atoms with E-state index in [-0.39, 0.29) is 30.2 Å². The van der Waals surface area contributed by atoms with Crippen LogP contribution in [0.5, 0.6) is 0 Å². The first-order chi connectivity index (χ1) is 12.9. The Balaban J connectivity index is 1.83. The van der Waals surface area contributed by atoms with Crippen molar-refractivity contribution in [2.75, 3.05) is 13.7 Å². The van der Waals surface area contributed by atoms with E-state index in [4.69, 9.17) is 5.73 Å². The second-order valence-corrected chi connectivity index (χ2v) is 6.41.